The van der Waals surface area contributed by atoms with Gasteiger partial charge in [-0.1, -0.05) is 42.5 Å². The van der Waals surface area contributed by atoms with Crippen LogP contribution in [-0.4, -0.2) is 55.4 Å². The highest BCUT2D eigenvalue weighted by atomic mass is 16.5. The molecule has 1 aliphatic heterocycles. The van der Waals surface area contributed by atoms with Crippen molar-refractivity contribution >= 4 is 17.7 Å². The first kappa shape index (κ1) is 22.3. The van der Waals surface area contributed by atoms with E-state index in [4.69, 9.17) is 4.74 Å². The molecule has 2 aromatic carbocycles. The van der Waals surface area contributed by atoms with Gasteiger partial charge in [0.1, 0.15) is 17.8 Å². The number of ether oxygens (including phenoxy) is 1. The van der Waals surface area contributed by atoms with E-state index in [0.717, 1.165) is 23.3 Å². The molecule has 3 rings (SSSR count). The van der Waals surface area contributed by atoms with Crippen molar-refractivity contribution in [2.75, 3.05) is 20.7 Å². The van der Waals surface area contributed by atoms with E-state index in [0.29, 0.717) is 19.4 Å². The van der Waals surface area contributed by atoms with Gasteiger partial charge in [0, 0.05) is 20.0 Å². The molecule has 7 nitrogen and oxygen atoms in total. The Morgan fingerprint density at radius 1 is 1.13 bits per heavy atom. The average Bonchev–Trinajstić information content (AvgIpc) is 2.79. The van der Waals surface area contributed by atoms with Crippen LogP contribution >= 0.6 is 0 Å². The maximum Gasteiger partial charge on any atom is 0.243 e. The number of nitrogens with one attached hydrogen (secondary N) is 2. The van der Waals surface area contributed by atoms with Crippen molar-refractivity contribution in [2.24, 2.45) is 0 Å². The van der Waals surface area contributed by atoms with Crippen LogP contribution in [0.1, 0.15) is 24.0 Å². The number of likely N-dealkylation sites (N-methyl/N-ethyl adjacent to an activating group) is 1. The standard InChI is InChI=1S/C24H29N3O4/c1-27(22(28)16-18-10-12-19(31-2)13-11-18)21(15-17-7-4-3-5-8-17)24(30)26-20-9-6-14-25-23(20)29/h3-5,7-8,10-13,20-21H,6,9,14-16H2,1-2H3,(H,25,29)(H,26,30)/t20-,21-/m0/s1. The lowest BCUT2D eigenvalue weighted by molar-refractivity contribution is -0.139. The summed E-state index contributed by atoms with van der Waals surface area (Å²) in [5.41, 5.74) is 1.78. The van der Waals surface area contributed by atoms with Crippen LogP contribution in [0.3, 0.4) is 0 Å². The van der Waals surface area contributed by atoms with Crippen LogP contribution in [0, 0.1) is 0 Å². The molecular weight excluding hydrogens is 394 g/mol. The zero-order valence-electron chi connectivity index (χ0n) is 18.0. The topological polar surface area (TPSA) is 87.7 Å². The van der Waals surface area contributed by atoms with Crippen molar-refractivity contribution in [3.8, 4) is 5.75 Å². The fourth-order valence-electron chi connectivity index (χ4n) is 3.64. The zero-order valence-corrected chi connectivity index (χ0v) is 18.0. The molecule has 0 unspecified atom stereocenters. The number of benzene rings is 2. The molecule has 0 aliphatic carbocycles. The first-order valence-corrected chi connectivity index (χ1v) is 10.5. The molecule has 0 bridgehead atoms. The highest BCUT2D eigenvalue weighted by molar-refractivity contribution is 5.92. The van der Waals surface area contributed by atoms with E-state index >= 15 is 0 Å². The zero-order chi connectivity index (χ0) is 22.2. The van der Waals surface area contributed by atoms with Crippen molar-refractivity contribution in [2.45, 2.75) is 37.8 Å². The molecule has 7 heteroatoms. The highest BCUT2D eigenvalue weighted by Crippen LogP contribution is 2.15. The molecule has 1 fully saturated rings. The minimum Gasteiger partial charge on any atom is -0.497 e. The van der Waals surface area contributed by atoms with E-state index in [9.17, 15) is 14.4 Å². The third-order valence-corrected chi connectivity index (χ3v) is 5.55. The Kier molecular flexibility index (Phi) is 7.65. The molecule has 1 aliphatic rings. The summed E-state index contributed by atoms with van der Waals surface area (Å²) in [5.74, 6) is 0.0488. The SMILES string of the molecule is COc1ccc(CC(=O)N(C)[C@@H](Cc2ccccc2)C(=O)N[C@H]2CCCNC2=O)cc1. The van der Waals surface area contributed by atoms with Gasteiger partial charge in [-0.05, 0) is 36.1 Å². The Labute approximate surface area is 182 Å². The Hall–Kier alpha value is -3.35. The summed E-state index contributed by atoms with van der Waals surface area (Å²) < 4.78 is 5.16. The second-order valence-electron chi connectivity index (χ2n) is 7.73. The predicted octanol–water partition coefficient (Wildman–Crippen LogP) is 1.70. The number of carbonyl (C=O) groups is 3. The summed E-state index contributed by atoms with van der Waals surface area (Å²) in [6.07, 6.45) is 1.94. The number of carbonyl (C=O) groups excluding carboxylic acids is 3. The van der Waals surface area contributed by atoms with Crippen molar-refractivity contribution in [3.63, 3.8) is 0 Å². The fourth-order valence-corrected chi connectivity index (χ4v) is 3.64. The first-order chi connectivity index (χ1) is 15.0. The summed E-state index contributed by atoms with van der Waals surface area (Å²) in [7, 11) is 3.23. The summed E-state index contributed by atoms with van der Waals surface area (Å²) in [6.45, 7) is 0.624. The smallest absolute Gasteiger partial charge is 0.243 e. The van der Waals surface area contributed by atoms with Gasteiger partial charge in [0.2, 0.25) is 17.7 Å². The second-order valence-corrected chi connectivity index (χ2v) is 7.73. The minimum absolute atomic E-state index is 0.170. The van der Waals surface area contributed by atoms with Gasteiger partial charge in [-0.25, -0.2) is 0 Å². The van der Waals surface area contributed by atoms with Gasteiger partial charge in [0.05, 0.1) is 13.5 Å². The van der Waals surface area contributed by atoms with Gasteiger partial charge < -0.3 is 20.3 Å². The number of hydrogen-bond donors (Lipinski definition) is 2. The molecule has 0 spiro atoms. The number of piperidine rings is 1. The molecule has 1 saturated heterocycles. The molecular formula is C24H29N3O4. The Morgan fingerprint density at radius 3 is 2.48 bits per heavy atom. The van der Waals surface area contributed by atoms with Crippen LogP contribution < -0.4 is 15.4 Å². The van der Waals surface area contributed by atoms with Crippen molar-refractivity contribution in [1.29, 1.82) is 0 Å². The molecule has 1 heterocycles. The number of nitrogens with zero attached hydrogens (tertiary/aromatic N) is 1. The first-order valence-electron chi connectivity index (χ1n) is 10.5. The second kappa shape index (κ2) is 10.6. The predicted molar refractivity (Wildman–Crippen MR) is 118 cm³/mol. The highest BCUT2D eigenvalue weighted by Gasteiger charge is 2.31. The molecule has 164 valence electrons. The lowest BCUT2D eigenvalue weighted by atomic mass is 10.0. The van der Waals surface area contributed by atoms with Gasteiger partial charge in [-0.15, -0.1) is 0 Å². The maximum absolute atomic E-state index is 13.1. The van der Waals surface area contributed by atoms with Gasteiger partial charge in [-0.2, -0.15) is 0 Å². The Morgan fingerprint density at radius 2 is 1.84 bits per heavy atom. The number of hydrogen-bond acceptors (Lipinski definition) is 4. The lowest BCUT2D eigenvalue weighted by Crippen LogP contribution is -2.56. The molecule has 2 N–H and O–H groups in total. The van der Waals surface area contributed by atoms with E-state index in [1.165, 1.54) is 4.90 Å². The van der Waals surface area contributed by atoms with E-state index < -0.39 is 12.1 Å². The van der Waals surface area contributed by atoms with Crippen LogP contribution in [0.2, 0.25) is 0 Å². The normalized spacial score (nSPS) is 16.7. The van der Waals surface area contributed by atoms with Gasteiger partial charge >= 0.3 is 0 Å². The minimum atomic E-state index is -0.720. The quantitative estimate of drug-likeness (QED) is 0.677. The van der Waals surface area contributed by atoms with Gasteiger partial charge in [-0.3, -0.25) is 14.4 Å². The van der Waals surface area contributed by atoms with E-state index in [1.807, 2.05) is 42.5 Å². The number of methoxy groups -OCH3 is 1. The van der Waals surface area contributed by atoms with E-state index in [-0.39, 0.29) is 24.1 Å². The van der Waals surface area contributed by atoms with Gasteiger partial charge in [0.15, 0.2) is 0 Å². The third kappa shape index (κ3) is 6.07. The molecule has 0 radical (unpaired) electrons. The van der Waals surface area contributed by atoms with Crippen LogP contribution in [0.4, 0.5) is 0 Å². The van der Waals surface area contributed by atoms with Crippen molar-refractivity contribution < 1.29 is 19.1 Å². The maximum atomic E-state index is 13.1. The van der Waals surface area contributed by atoms with Crippen LogP contribution in [-0.2, 0) is 27.2 Å². The van der Waals surface area contributed by atoms with Crippen LogP contribution in [0.15, 0.2) is 54.6 Å². The molecule has 2 aromatic rings. The lowest BCUT2D eigenvalue weighted by Gasteiger charge is -2.30. The van der Waals surface area contributed by atoms with Gasteiger partial charge in [0.25, 0.3) is 0 Å². The average molecular weight is 424 g/mol. The molecule has 31 heavy (non-hydrogen) atoms. The summed E-state index contributed by atoms with van der Waals surface area (Å²) in [4.78, 5) is 39.7. The largest absolute Gasteiger partial charge is 0.497 e. The third-order valence-electron chi connectivity index (χ3n) is 5.55. The molecule has 2 atom stereocenters. The van der Waals surface area contributed by atoms with Crippen LogP contribution in [0.5, 0.6) is 5.75 Å². The summed E-state index contributed by atoms with van der Waals surface area (Å²) in [6, 6.07) is 15.6. The monoisotopic (exact) mass is 423 g/mol. The van der Waals surface area contributed by atoms with Crippen LogP contribution in [0.25, 0.3) is 0 Å². The summed E-state index contributed by atoms with van der Waals surface area (Å²) in [5, 5.41) is 5.62. The summed E-state index contributed by atoms with van der Waals surface area (Å²) >= 11 is 0. The number of amides is 3. The van der Waals surface area contributed by atoms with E-state index in [2.05, 4.69) is 10.6 Å². The fraction of sp³-hybridized carbons (Fsp3) is 0.375. The van der Waals surface area contributed by atoms with Crippen molar-refractivity contribution in [3.05, 3.63) is 65.7 Å². The van der Waals surface area contributed by atoms with E-state index in [1.54, 1.807) is 26.3 Å². The molecule has 0 aromatic heterocycles. The van der Waals surface area contributed by atoms with Crippen molar-refractivity contribution in [1.82, 2.24) is 15.5 Å². The Balaban J connectivity index is 1.74. The Bertz CT molecular complexity index is 899. The molecule has 3 amide bonds. The molecule has 0 saturated carbocycles. The number of rotatable bonds is 8.